The second-order valence-corrected chi connectivity index (χ2v) is 6.35. The average Bonchev–Trinajstić information content (AvgIpc) is 3.32. The first kappa shape index (κ1) is 16.4. The first-order valence-electron chi connectivity index (χ1n) is 8.33. The van der Waals surface area contributed by atoms with E-state index in [-0.39, 0.29) is 36.3 Å². The molecule has 1 aliphatic heterocycles. The maximum atomic E-state index is 12.9. The molecule has 0 spiro atoms. The number of halogens is 1. The molecule has 2 atom stereocenters. The van der Waals surface area contributed by atoms with E-state index in [1.54, 1.807) is 6.07 Å². The van der Waals surface area contributed by atoms with E-state index < -0.39 is 0 Å². The molecule has 6 nitrogen and oxygen atoms in total. The number of benzene rings is 2. The highest BCUT2D eigenvalue weighted by Crippen LogP contribution is 2.39. The molecule has 0 radical (unpaired) electrons. The topological polar surface area (TPSA) is 76.7 Å². The van der Waals surface area contributed by atoms with Gasteiger partial charge in [0.2, 0.25) is 18.6 Å². The van der Waals surface area contributed by atoms with Gasteiger partial charge >= 0.3 is 0 Å². The van der Waals surface area contributed by atoms with Crippen LogP contribution in [0.15, 0.2) is 42.5 Å². The number of fused-ring (bicyclic) bond motifs is 1. The van der Waals surface area contributed by atoms with E-state index in [4.69, 9.17) is 9.47 Å². The van der Waals surface area contributed by atoms with Crippen molar-refractivity contribution >= 4 is 17.5 Å². The smallest absolute Gasteiger partial charge is 0.231 e. The van der Waals surface area contributed by atoms with E-state index in [1.165, 1.54) is 24.3 Å². The molecule has 0 saturated heterocycles. The van der Waals surface area contributed by atoms with E-state index in [1.807, 2.05) is 12.1 Å². The van der Waals surface area contributed by atoms with E-state index in [0.717, 1.165) is 5.56 Å². The van der Waals surface area contributed by atoms with E-state index in [9.17, 15) is 14.0 Å². The van der Waals surface area contributed by atoms with E-state index in [0.29, 0.717) is 30.2 Å². The van der Waals surface area contributed by atoms with Crippen LogP contribution in [-0.2, 0) is 16.1 Å². The second kappa shape index (κ2) is 6.67. The minimum Gasteiger partial charge on any atom is -0.454 e. The van der Waals surface area contributed by atoms with Crippen LogP contribution in [0.2, 0.25) is 0 Å². The lowest BCUT2D eigenvalue weighted by Crippen LogP contribution is -2.27. The van der Waals surface area contributed by atoms with Gasteiger partial charge in [0.15, 0.2) is 11.5 Å². The molecule has 1 saturated carbocycles. The number of hydrogen-bond donors (Lipinski definition) is 2. The number of hydrogen-bond acceptors (Lipinski definition) is 4. The summed E-state index contributed by atoms with van der Waals surface area (Å²) >= 11 is 0. The van der Waals surface area contributed by atoms with Crippen LogP contribution in [0.1, 0.15) is 12.0 Å². The van der Waals surface area contributed by atoms with Crippen LogP contribution in [0.25, 0.3) is 0 Å². The van der Waals surface area contributed by atoms with Crippen LogP contribution in [0, 0.1) is 17.7 Å². The molecule has 2 amide bonds. The Kier molecular flexibility index (Phi) is 4.20. The lowest BCUT2D eigenvalue weighted by atomic mass is 10.2. The Bertz CT molecular complexity index is 853. The lowest BCUT2D eigenvalue weighted by Gasteiger charge is -2.07. The van der Waals surface area contributed by atoms with Crippen LogP contribution in [0.4, 0.5) is 10.1 Å². The van der Waals surface area contributed by atoms with Gasteiger partial charge < -0.3 is 20.1 Å². The molecule has 1 fully saturated rings. The monoisotopic (exact) mass is 356 g/mol. The Balaban J connectivity index is 1.27. The van der Waals surface area contributed by atoms with Crippen LogP contribution < -0.4 is 20.1 Å². The molecule has 7 heteroatoms. The highest BCUT2D eigenvalue weighted by atomic mass is 19.1. The zero-order valence-electron chi connectivity index (χ0n) is 13.8. The summed E-state index contributed by atoms with van der Waals surface area (Å²) in [7, 11) is 0. The number of amides is 2. The number of ether oxygens (including phenoxy) is 2. The highest BCUT2D eigenvalue weighted by Gasteiger charge is 2.47. The predicted octanol–water partition coefficient (Wildman–Crippen LogP) is 2.45. The zero-order chi connectivity index (χ0) is 18.1. The summed E-state index contributed by atoms with van der Waals surface area (Å²) in [5.41, 5.74) is 1.42. The van der Waals surface area contributed by atoms with Crippen molar-refractivity contribution in [2.24, 2.45) is 11.8 Å². The van der Waals surface area contributed by atoms with Gasteiger partial charge in [-0.2, -0.15) is 0 Å². The van der Waals surface area contributed by atoms with Crippen molar-refractivity contribution in [1.29, 1.82) is 0 Å². The summed E-state index contributed by atoms with van der Waals surface area (Å²) < 4.78 is 23.4. The fraction of sp³-hybridized carbons (Fsp3) is 0.263. The van der Waals surface area contributed by atoms with Gasteiger partial charge in [-0.05, 0) is 48.4 Å². The third kappa shape index (κ3) is 3.46. The van der Waals surface area contributed by atoms with E-state index in [2.05, 4.69) is 10.6 Å². The van der Waals surface area contributed by atoms with Gasteiger partial charge in [-0.25, -0.2) is 4.39 Å². The molecule has 2 unspecified atom stereocenters. The molecule has 0 bridgehead atoms. The molecule has 2 aromatic carbocycles. The maximum Gasteiger partial charge on any atom is 0.231 e. The van der Waals surface area contributed by atoms with Crippen molar-refractivity contribution < 1.29 is 23.5 Å². The van der Waals surface area contributed by atoms with Gasteiger partial charge in [0.1, 0.15) is 5.82 Å². The largest absolute Gasteiger partial charge is 0.454 e. The summed E-state index contributed by atoms with van der Waals surface area (Å²) in [6.45, 7) is 0.566. The quantitative estimate of drug-likeness (QED) is 0.863. The third-order valence-corrected chi connectivity index (χ3v) is 4.48. The van der Waals surface area contributed by atoms with Crippen molar-refractivity contribution in [2.75, 3.05) is 12.1 Å². The Morgan fingerprint density at radius 3 is 2.54 bits per heavy atom. The molecule has 2 aliphatic rings. The normalized spacial score (nSPS) is 19.7. The molecule has 2 aromatic rings. The minimum absolute atomic E-state index is 0.151. The van der Waals surface area contributed by atoms with Gasteiger partial charge in [-0.15, -0.1) is 0 Å². The van der Waals surface area contributed by atoms with Crippen LogP contribution in [0.5, 0.6) is 11.5 Å². The second-order valence-electron chi connectivity index (χ2n) is 6.35. The van der Waals surface area contributed by atoms with Gasteiger partial charge in [-0.1, -0.05) is 6.07 Å². The van der Waals surface area contributed by atoms with Crippen molar-refractivity contribution in [3.05, 3.63) is 53.8 Å². The molecule has 1 aliphatic carbocycles. The third-order valence-electron chi connectivity index (χ3n) is 4.48. The lowest BCUT2D eigenvalue weighted by molar-refractivity contribution is -0.125. The van der Waals surface area contributed by atoms with Gasteiger partial charge in [0.25, 0.3) is 0 Å². The van der Waals surface area contributed by atoms with Gasteiger partial charge in [0.05, 0.1) is 11.8 Å². The van der Waals surface area contributed by atoms with E-state index >= 15 is 0 Å². The minimum atomic E-state index is -0.366. The number of anilines is 1. The summed E-state index contributed by atoms with van der Waals surface area (Å²) in [6, 6.07) is 11.0. The van der Waals surface area contributed by atoms with Crippen LogP contribution >= 0.6 is 0 Å². The molecule has 134 valence electrons. The Morgan fingerprint density at radius 2 is 1.73 bits per heavy atom. The van der Waals surface area contributed by atoms with Crippen molar-refractivity contribution in [1.82, 2.24) is 5.32 Å². The van der Waals surface area contributed by atoms with Gasteiger partial charge in [-0.3, -0.25) is 9.59 Å². The predicted molar refractivity (Wildman–Crippen MR) is 91.0 cm³/mol. The molecule has 4 rings (SSSR count). The molecule has 26 heavy (non-hydrogen) atoms. The number of rotatable bonds is 5. The van der Waals surface area contributed by atoms with Crippen molar-refractivity contribution in [2.45, 2.75) is 13.0 Å². The fourth-order valence-corrected chi connectivity index (χ4v) is 2.91. The molecule has 1 heterocycles. The first-order valence-corrected chi connectivity index (χ1v) is 8.33. The molecule has 0 aromatic heterocycles. The zero-order valence-corrected chi connectivity index (χ0v) is 13.8. The SMILES string of the molecule is O=C(NCc1ccc2c(c1)OCO2)C1CC1C(=O)Nc1ccc(F)cc1. The highest BCUT2D eigenvalue weighted by molar-refractivity contribution is 5.99. The number of carbonyl (C=O) groups is 2. The number of nitrogens with one attached hydrogen (secondary N) is 2. The summed E-state index contributed by atoms with van der Waals surface area (Å²) in [5.74, 6) is -0.0576. The summed E-state index contributed by atoms with van der Waals surface area (Å²) in [6.07, 6.45) is 0.514. The Morgan fingerprint density at radius 1 is 1.00 bits per heavy atom. The standard InChI is InChI=1S/C19H17FN2O4/c20-12-2-4-13(5-3-12)22-19(24)15-8-14(15)18(23)21-9-11-1-6-16-17(7-11)26-10-25-16/h1-7,14-15H,8-10H2,(H,21,23)(H,22,24). The fourth-order valence-electron chi connectivity index (χ4n) is 2.91. The molecular weight excluding hydrogens is 339 g/mol. The number of carbonyl (C=O) groups excluding carboxylic acids is 2. The van der Waals surface area contributed by atoms with Crippen LogP contribution in [-0.4, -0.2) is 18.6 Å². The first-order chi connectivity index (χ1) is 12.6. The van der Waals surface area contributed by atoms with Crippen molar-refractivity contribution in [3.63, 3.8) is 0 Å². The molecular formula is C19H17FN2O4. The summed E-state index contributed by atoms with van der Waals surface area (Å²) in [5, 5.41) is 5.55. The Hall–Kier alpha value is -3.09. The van der Waals surface area contributed by atoms with Crippen LogP contribution in [0.3, 0.4) is 0 Å². The average molecular weight is 356 g/mol. The Labute approximate surface area is 149 Å². The summed E-state index contributed by atoms with van der Waals surface area (Å²) in [4.78, 5) is 24.4. The van der Waals surface area contributed by atoms with Crippen molar-refractivity contribution in [3.8, 4) is 11.5 Å². The molecule has 2 N–H and O–H groups in total. The maximum absolute atomic E-state index is 12.9. The van der Waals surface area contributed by atoms with Gasteiger partial charge in [0, 0.05) is 12.2 Å².